The predicted molar refractivity (Wildman–Crippen MR) is 89.0 cm³/mol. The van der Waals surface area contributed by atoms with Crippen molar-refractivity contribution in [2.45, 2.75) is 58.4 Å². The van der Waals surface area contributed by atoms with E-state index in [-0.39, 0.29) is 17.6 Å². The first-order valence-electron chi connectivity index (χ1n) is 7.90. The summed E-state index contributed by atoms with van der Waals surface area (Å²) >= 11 is 0. The molecule has 0 aliphatic rings. The number of aliphatic hydroxyl groups excluding tert-OH is 1. The van der Waals surface area contributed by atoms with E-state index in [4.69, 9.17) is 4.74 Å². The van der Waals surface area contributed by atoms with Crippen LogP contribution in [0.4, 0.5) is 0 Å². The molecule has 0 aliphatic carbocycles. The molecule has 2 N–H and O–H groups in total. The van der Waals surface area contributed by atoms with E-state index in [1.807, 2.05) is 25.1 Å². The van der Waals surface area contributed by atoms with Gasteiger partial charge in [-0.05, 0) is 36.9 Å². The van der Waals surface area contributed by atoms with Gasteiger partial charge in [0.05, 0.1) is 13.2 Å². The Morgan fingerprint density at radius 3 is 2.38 bits per heavy atom. The van der Waals surface area contributed by atoms with Crippen LogP contribution in [-0.4, -0.2) is 30.4 Å². The first kappa shape index (κ1) is 18.0. The third kappa shape index (κ3) is 5.68. The lowest BCUT2D eigenvalue weighted by atomic mass is 9.86. The lowest BCUT2D eigenvalue weighted by molar-refractivity contribution is 0.143. The number of aliphatic hydroxyl groups is 1. The second-order valence-corrected chi connectivity index (χ2v) is 6.99. The number of hydrogen-bond acceptors (Lipinski definition) is 3. The summed E-state index contributed by atoms with van der Waals surface area (Å²) in [7, 11) is 0. The Hall–Kier alpha value is -1.06. The van der Waals surface area contributed by atoms with E-state index in [0.717, 1.165) is 25.1 Å². The molecule has 0 heterocycles. The predicted octanol–water partition coefficient (Wildman–Crippen LogP) is 3.50. The zero-order chi connectivity index (χ0) is 15.9. The lowest BCUT2D eigenvalue weighted by Crippen LogP contribution is -2.47. The first-order chi connectivity index (χ1) is 9.82. The smallest absolute Gasteiger partial charge is 0.123 e. The van der Waals surface area contributed by atoms with Gasteiger partial charge in [0.1, 0.15) is 5.75 Å². The van der Waals surface area contributed by atoms with Crippen molar-refractivity contribution < 1.29 is 9.84 Å². The maximum absolute atomic E-state index is 9.57. The number of benzene rings is 1. The molecular weight excluding hydrogens is 262 g/mol. The van der Waals surface area contributed by atoms with Gasteiger partial charge in [-0.25, -0.2) is 0 Å². The van der Waals surface area contributed by atoms with E-state index in [0.29, 0.717) is 6.61 Å². The monoisotopic (exact) mass is 293 g/mol. The van der Waals surface area contributed by atoms with Crippen LogP contribution >= 0.6 is 0 Å². The summed E-state index contributed by atoms with van der Waals surface area (Å²) in [5.74, 6) is 0.945. The zero-order valence-electron chi connectivity index (χ0n) is 14.2. The Kier molecular flexibility index (Phi) is 6.69. The minimum Gasteiger partial charge on any atom is -0.493 e. The number of nitrogens with one attached hydrogen (secondary N) is 1. The Balaban J connectivity index is 2.64. The normalized spacial score (nSPS) is 14.8. The van der Waals surface area contributed by atoms with Gasteiger partial charge in [0.15, 0.2) is 0 Å². The molecule has 0 fully saturated rings. The minimum absolute atomic E-state index is 0.0668. The van der Waals surface area contributed by atoms with Crippen molar-refractivity contribution in [2.24, 2.45) is 0 Å². The first-order valence-corrected chi connectivity index (χ1v) is 7.90. The molecule has 1 rings (SSSR count). The fourth-order valence-corrected chi connectivity index (χ4v) is 2.25. The topological polar surface area (TPSA) is 41.5 Å². The third-order valence-corrected chi connectivity index (χ3v) is 3.76. The molecule has 0 aromatic heterocycles. The fraction of sp³-hybridized carbons (Fsp3) is 0.667. The molecule has 120 valence electrons. The molecule has 0 saturated carbocycles. The standard InChI is InChI=1S/C18H31NO2/c1-6-12-19-18(5,14-20)11-13-21-16-10-8-7-9-15(16)17(2,3)4/h7-10,19-20H,6,11-14H2,1-5H3. The van der Waals surface area contributed by atoms with Crippen molar-refractivity contribution in [1.82, 2.24) is 5.32 Å². The largest absolute Gasteiger partial charge is 0.493 e. The van der Waals surface area contributed by atoms with Gasteiger partial charge in [0.2, 0.25) is 0 Å². The van der Waals surface area contributed by atoms with Crippen LogP contribution in [0, 0.1) is 0 Å². The van der Waals surface area contributed by atoms with Crippen molar-refractivity contribution in [3.63, 3.8) is 0 Å². The zero-order valence-corrected chi connectivity index (χ0v) is 14.2. The number of hydrogen-bond donors (Lipinski definition) is 2. The van der Waals surface area contributed by atoms with Crippen LogP contribution in [0.2, 0.25) is 0 Å². The average molecular weight is 293 g/mol. The maximum Gasteiger partial charge on any atom is 0.123 e. The average Bonchev–Trinajstić information content (AvgIpc) is 2.44. The molecule has 0 saturated heterocycles. The summed E-state index contributed by atoms with van der Waals surface area (Å²) in [5.41, 5.74) is 1.02. The summed E-state index contributed by atoms with van der Waals surface area (Å²) in [6.45, 7) is 12.4. The van der Waals surface area contributed by atoms with E-state index >= 15 is 0 Å². The van der Waals surface area contributed by atoms with Crippen LogP contribution in [0.3, 0.4) is 0 Å². The highest BCUT2D eigenvalue weighted by atomic mass is 16.5. The fourth-order valence-electron chi connectivity index (χ4n) is 2.25. The third-order valence-electron chi connectivity index (χ3n) is 3.76. The van der Waals surface area contributed by atoms with E-state index in [9.17, 15) is 5.11 Å². The second-order valence-electron chi connectivity index (χ2n) is 6.99. The van der Waals surface area contributed by atoms with Crippen LogP contribution < -0.4 is 10.1 Å². The summed E-state index contributed by atoms with van der Waals surface area (Å²) in [6, 6.07) is 8.20. The SMILES string of the molecule is CCCNC(C)(CO)CCOc1ccccc1C(C)(C)C. The van der Waals surface area contributed by atoms with Gasteiger partial charge in [0.25, 0.3) is 0 Å². The molecule has 1 aromatic carbocycles. The van der Waals surface area contributed by atoms with Crippen molar-refractivity contribution >= 4 is 0 Å². The Labute approximate surface area is 129 Å². The highest BCUT2D eigenvalue weighted by Gasteiger charge is 2.23. The van der Waals surface area contributed by atoms with E-state index in [1.54, 1.807) is 0 Å². The molecule has 1 atom stereocenters. The molecule has 3 heteroatoms. The highest BCUT2D eigenvalue weighted by molar-refractivity contribution is 5.38. The molecular formula is C18H31NO2. The Morgan fingerprint density at radius 1 is 1.14 bits per heavy atom. The lowest BCUT2D eigenvalue weighted by Gasteiger charge is -2.29. The molecule has 0 spiro atoms. The van der Waals surface area contributed by atoms with Crippen LogP contribution in [-0.2, 0) is 5.41 Å². The Morgan fingerprint density at radius 2 is 1.81 bits per heavy atom. The van der Waals surface area contributed by atoms with Crippen molar-refractivity contribution in [3.05, 3.63) is 29.8 Å². The van der Waals surface area contributed by atoms with Crippen LogP contribution in [0.15, 0.2) is 24.3 Å². The maximum atomic E-state index is 9.57. The number of rotatable bonds is 8. The Bertz CT molecular complexity index is 425. The molecule has 0 amide bonds. The molecule has 21 heavy (non-hydrogen) atoms. The van der Waals surface area contributed by atoms with Crippen LogP contribution in [0.5, 0.6) is 5.75 Å². The molecule has 1 unspecified atom stereocenters. The minimum atomic E-state index is -0.271. The quantitative estimate of drug-likeness (QED) is 0.771. The molecule has 0 radical (unpaired) electrons. The molecule has 0 aliphatic heterocycles. The van der Waals surface area contributed by atoms with Crippen molar-refractivity contribution in [3.8, 4) is 5.75 Å². The van der Waals surface area contributed by atoms with Crippen molar-refractivity contribution in [2.75, 3.05) is 19.8 Å². The van der Waals surface area contributed by atoms with Gasteiger partial charge in [-0.1, -0.05) is 45.9 Å². The molecule has 3 nitrogen and oxygen atoms in total. The van der Waals surface area contributed by atoms with E-state index < -0.39 is 0 Å². The second kappa shape index (κ2) is 7.81. The van der Waals surface area contributed by atoms with Gasteiger partial charge in [0, 0.05) is 12.0 Å². The summed E-state index contributed by atoms with van der Waals surface area (Å²) < 4.78 is 5.99. The summed E-state index contributed by atoms with van der Waals surface area (Å²) in [6.07, 6.45) is 1.84. The van der Waals surface area contributed by atoms with Gasteiger partial charge in [-0.3, -0.25) is 0 Å². The summed E-state index contributed by atoms with van der Waals surface area (Å²) in [5, 5.41) is 13.0. The molecule has 0 bridgehead atoms. The van der Waals surface area contributed by atoms with Crippen LogP contribution in [0.25, 0.3) is 0 Å². The van der Waals surface area contributed by atoms with Crippen LogP contribution in [0.1, 0.15) is 53.0 Å². The van der Waals surface area contributed by atoms with Gasteiger partial charge >= 0.3 is 0 Å². The molecule has 1 aromatic rings. The van der Waals surface area contributed by atoms with E-state index in [2.05, 4.69) is 39.1 Å². The summed E-state index contributed by atoms with van der Waals surface area (Å²) in [4.78, 5) is 0. The van der Waals surface area contributed by atoms with E-state index in [1.165, 1.54) is 5.56 Å². The van der Waals surface area contributed by atoms with Gasteiger partial charge in [-0.2, -0.15) is 0 Å². The number of ether oxygens (including phenoxy) is 1. The van der Waals surface area contributed by atoms with Gasteiger partial charge in [-0.15, -0.1) is 0 Å². The van der Waals surface area contributed by atoms with Gasteiger partial charge < -0.3 is 15.2 Å². The highest BCUT2D eigenvalue weighted by Crippen LogP contribution is 2.31. The van der Waals surface area contributed by atoms with Crippen molar-refractivity contribution in [1.29, 1.82) is 0 Å². The number of para-hydroxylation sites is 1.